The SMILES string of the molecule is CCCC(=O)N1CCCC1c1ncc(-c2ccc(-c3ccc(-c4cnc([C@@H]5CCCN5C(=O)CCC)[nH]4)cc3)cc2)[nH]1. The van der Waals surface area contributed by atoms with Crippen molar-refractivity contribution in [2.45, 2.75) is 77.3 Å². The number of nitrogens with one attached hydrogen (secondary N) is 2. The van der Waals surface area contributed by atoms with E-state index in [-0.39, 0.29) is 23.9 Å². The average molecular weight is 565 g/mol. The molecule has 0 saturated carbocycles. The summed E-state index contributed by atoms with van der Waals surface area (Å²) in [7, 11) is 0. The first kappa shape index (κ1) is 27.9. The first-order valence-electron chi connectivity index (χ1n) is 15.5. The Bertz CT molecular complexity index is 1400. The van der Waals surface area contributed by atoms with Crippen molar-refractivity contribution >= 4 is 11.8 Å². The number of nitrogens with zero attached hydrogens (tertiary/aromatic N) is 4. The van der Waals surface area contributed by atoms with Gasteiger partial charge in [0.15, 0.2) is 0 Å². The lowest BCUT2D eigenvalue weighted by atomic mass is 10.0. The van der Waals surface area contributed by atoms with E-state index in [4.69, 9.17) is 0 Å². The maximum atomic E-state index is 12.6. The van der Waals surface area contributed by atoms with Crippen LogP contribution in [0, 0.1) is 0 Å². The van der Waals surface area contributed by atoms with Gasteiger partial charge < -0.3 is 19.8 Å². The molecule has 0 spiro atoms. The highest BCUT2D eigenvalue weighted by molar-refractivity contribution is 5.77. The van der Waals surface area contributed by atoms with Gasteiger partial charge in [0, 0.05) is 25.9 Å². The second-order valence-corrected chi connectivity index (χ2v) is 11.5. The fraction of sp³-hybridized carbons (Fsp3) is 0.412. The maximum absolute atomic E-state index is 12.6. The lowest BCUT2D eigenvalue weighted by Gasteiger charge is -2.23. The number of carbonyl (C=O) groups is 2. The molecule has 4 heterocycles. The number of likely N-dealkylation sites (tertiary alicyclic amines) is 2. The largest absolute Gasteiger partial charge is 0.340 e. The van der Waals surface area contributed by atoms with Crippen LogP contribution in [0.3, 0.4) is 0 Å². The fourth-order valence-corrected chi connectivity index (χ4v) is 6.40. The number of benzene rings is 2. The molecule has 8 heteroatoms. The molecule has 2 aliphatic heterocycles. The summed E-state index contributed by atoms with van der Waals surface area (Å²) in [6.07, 6.45) is 10.6. The minimum Gasteiger partial charge on any atom is -0.340 e. The molecule has 8 nitrogen and oxygen atoms in total. The Hall–Kier alpha value is -4.20. The fourth-order valence-electron chi connectivity index (χ4n) is 6.40. The molecule has 2 saturated heterocycles. The van der Waals surface area contributed by atoms with E-state index >= 15 is 0 Å². The molecular formula is C34H40N6O2. The lowest BCUT2D eigenvalue weighted by Crippen LogP contribution is -2.30. The van der Waals surface area contributed by atoms with Crippen LogP contribution in [0.25, 0.3) is 33.6 Å². The highest BCUT2D eigenvalue weighted by Gasteiger charge is 2.32. The van der Waals surface area contributed by atoms with E-state index in [1.807, 2.05) is 36.0 Å². The minimum atomic E-state index is 0.0437. The maximum Gasteiger partial charge on any atom is 0.223 e. The number of H-pyrrole nitrogens is 2. The summed E-state index contributed by atoms with van der Waals surface area (Å²) in [6, 6.07) is 17.1. The molecule has 2 aromatic heterocycles. The Kier molecular flexibility index (Phi) is 8.22. The first-order valence-corrected chi connectivity index (χ1v) is 15.5. The first-order chi connectivity index (χ1) is 20.6. The van der Waals surface area contributed by atoms with Crippen LogP contribution in [-0.2, 0) is 9.59 Å². The van der Waals surface area contributed by atoms with Crippen molar-refractivity contribution in [1.82, 2.24) is 29.7 Å². The van der Waals surface area contributed by atoms with E-state index in [0.717, 1.165) is 96.9 Å². The van der Waals surface area contributed by atoms with Gasteiger partial charge in [-0.25, -0.2) is 9.97 Å². The molecular weight excluding hydrogens is 524 g/mol. The molecule has 1 unspecified atom stereocenters. The number of hydrogen-bond donors (Lipinski definition) is 2. The standard InChI is InChI=1S/C34H40N6O2/c1-3-7-31(41)39-19-5-9-29(39)33-35-21-27(37-33)25-15-11-23(12-16-25)24-13-17-26(18-14-24)28-22-36-34(38-28)30-10-6-20-40(30)32(42)8-4-2/h11-18,21-22,29-30H,3-10,19-20H2,1-2H3,(H,35,37)(H,36,38)/t29-,30?/m0/s1. The predicted octanol–water partition coefficient (Wildman–Crippen LogP) is 7.06. The van der Waals surface area contributed by atoms with Crippen molar-refractivity contribution in [3.05, 3.63) is 72.6 Å². The molecule has 2 fully saturated rings. The van der Waals surface area contributed by atoms with Gasteiger partial charge in [0.25, 0.3) is 0 Å². The Labute approximate surface area is 247 Å². The monoisotopic (exact) mass is 564 g/mol. The third-order valence-electron chi connectivity index (χ3n) is 8.62. The molecule has 2 N–H and O–H groups in total. The minimum absolute atomic E-state index is 0.0437. The molecule has 42 heavy (non-hydrogen) atoms. The Morgan fingerprint density at radius 3 is 1.43 bits per heavy atom. The summed E-state index contributed by atoms with van der Waals surface area (Å²) in [5.74, 6) is 2.20. The quantitative estimate of drug-likeness (QED) is 0.227. The van der Waals surface area contributed by atoms with Gasteiger partial charge in [-0.3, -0.25) is 9.59 Å². The molecule has 2 aromatic carbocycles. The average Bonchev–Trinajstić information content (AvgIpc) is 3.83. The molecule has 2 aliphatic rings. The van der Waals surface area contributed by atoms with E-state index in [1.54, 1.807) is 0 Å². The van der Waals surface area contributed by atoms with Crippen LogP contribution in [0.5, 0.6) is 0 Å². The van der Waals surface area contributed by atoms with Gasteiger partial charge in [0.2, 0.25) is 11.8 Å². The lowest BCUT2D eigenvalue weighted by molar-refractivity contribution is -0.133. The summed E-state index contributed by atoms with van der Waals surface area (Å²) in [4.78, 5) is 45.4. The third kappa shape index (κ3) is 5.62. The Balaban J connectivity index is 1.12. The molecule has 0 bridgehead atoms. The second kappa shape index (κ2) is 12.3. The van der Waals surface area contributed by atoms with E-state index in [2.05, 4.69) is 68.5 Å². The van der Waals surface area contributed by atoms with Crippen molar-refractivity contribution in [3.8, 4) is 33.6 Å². The smallest absolute Gasteiger partial charge is 0.223 e. The van der Waals surface area contributed by atoms with Gasteiger partial charge in [-0.1, -0.05) is 62.4 Å². The van der Waals surface area contributed by atoms with Crippen molar-refractivity contribution in [3.63, 3.8) is 0 Å². The van der Waals surface area contributed by atoms with Crippen LogP contribution < -0.4 is 0 Å². The molecule has 2 amide bonds. The van der Waals surface area contributed by atoms with Crippen LogP contribution in [0.4, 0.5) is 0 Å². The number of aromatic nitrogens is 4. The molecule has 0 radical (unpaired) electrons. The Morgan fingerprint density at radius 2 is 1.05 bits per heavy atom. The van der Waals surface area contributed by atoms with Crippen LogP contribution in [0.15, 0.2) is 60.9 Å². The summed E-state index contributed by atoms with van der Waals surface area (Å²) in [5.41, 5.74) is 6.35. The van der Waals surface area contributed by atoms with E-state index in [0.29, 0.717) is 12.8 Å². The second-order valence-electron chi connectivity index (χ2n) is 11.5. The number of imidazole rings is 2. The molecule has 2 atom stereocenters. The van der Waals surface area contributed by atoms with Gasteiger partial charge in [-0.05, 0) is 60.8 Å². The predicted molar refractivity (Wildman–Crippen MR) is 164 cm³/mol. The van der Waals surface area contributed by atoms with Gasteiger partial charge in [-0.2, -0.15) is 0 Å². The van der Waals surface area contributed by atoms with Gasteiger partial charge in [0.05, 0.1) is 35.9 Å². The molecule has 6 rings (SSSR count). The van der Waals surface area contributed by atoms with Gasteiger partial charge in [0.1, 0.15) is 11.6 Å². The van der Waals surface area contributed by atoms with Crippen molar-refractivity contribution in [2.75, 3.05) is 13.1 Å². The summed E-state index contributed by atoms with van der Waals surface area (Å²) in [5, 5.41) is 0. The van der Waals surface area contributed by atoms with Crippen LogP contribution >= 0.6 is 0 Å². The number of aromatic amines is 2. The normalized spacial score (nSPS) is 18.6. The Morgan fingerprint density at radius 1 is 0.667 bits per heavy atom. The van der Waals surface area contributed by atoms with E-state index < -0.39 is 0 Å². The van der Waals surface area contributed by atoms with Crippen molar-refractivity contribution in [1.29, 1.82) is 0 Å². The highest BCUT2D eigenvalue weighted by Crippen LogP contribution is 2.34. The molecule has 218 valence electrons. The van der Waals surface area contributed by atoms with E-state index in [1.165, 1.54) is 0 Å². The number of hydrogen-bond acceptors (Lipinski definition) is 4. The zero-order valence-electron chi connectivity index (χ0n) is 24.6. The van der Waals surface area contributed by atoms with Crippen molar-refractivity contribution < 1.29 is 9.59 Å². The molecule has 0 aliphatic carbocycles. The van der Waals surface area contributed by atoms with Crippen LogP contribution in [0.2, 0.25) is 0 Å². The number of carbonyl (C=O) groups excluding carboxylic acids is 2. The zero-order chi connectivity index (χ0) is 29.1. The summed E-state index contributed by atoms with van der Waals surface area (Å²) in [6.45, 7) is 5.72. The molecule has 4 aromatic rings. The van der Waals surface area contributed by atoms with Gasteiger partial charge in [-0.15, -0.1) is 0 Å². The van der Waals surface area contributed by atoms with E-state index in [9.17, 15) is 9.59 Å². The van der Waals surface area contributed by atoms with Gasteiger partial charge >= 0.3 is 0 Å². The van der Waals surface area contributed by atoms with Crippen molar-refractivity contribution in [2.24, 2.45) is 0 Å². The summed E-state index contributed by atoms with van der Waals surface area (Å²) < 4.78 is 0. The number of rotatable bonds is 9. The van der Waals surface area contributed by atoms with Crippen LogP contribution in [-0.4, -0.2) is 54.6 Å². The highest BCUT2D eigenvalue weighted by atomic mass is 16.2. The third-order valence-corrected chi connectivity index (χ3v) is 8.62. The van der Waals surface area contributed by atoms with Crippen LogP contribution in [0.1, 0.15) is 88.9 Å². The number of amides is 2. The zero-order valence-corrected chi connectivity index (χ0v) is 24.6. The summed E-state index contributed by atoms with van der Waals surface area (Å²) >= 11 is 0. The topological polar surface area (TPSA) is 98.0 Å².